The van der Waals surface area contributed by atoms with Crippen LogP contribution < -0.4 is 14.5 Å². The highest BCUT2D eigenvalue weighted by Gasteiger charge is 2.24. The molecule has 1 aliphatic rings. The number of benzene rings is 4. The van der Waals surface area contributed by atoms with E-state index in [4.69, 9.17) is 8.85 Å². The maximum Gasteiger partial charge on any atom is 0.137 e. The lowest BCUT2D eigenvalue weighted by molar-refractivity contribution is 0.479. The topological polar surface area (TPSA) is 33.5 Å². The number of aryl methyl sites for hydroxylation is 1. The number of hydrogen-bond acceptors (Lipinski definition) is 4. The lowest BCUT2D eigenvalue weighted by Gasteiger charge is -2.28. The van der Waals surface area contributed by atoms with Crippen LogP contribution in [0.5, 0.6) is 11.5 Å². The van der Waals surface area contributed by atoms with E-state index in [0.29, 0.717) is 18.2 Å². The molecular formula is C42H44N4O. The van der Waals surface area contributed by atoms with Crippen LogP contribution in [-0.4, -0.2) is 16.2 Å². The van der Waals surface area contributed by atoms with Crippen molar-refractivity contribution < 1.29 is 8.85 Å². The fraction of sp³-hybridized carbons (Fsp3) is 0.262. The van der Waals surface area contributed by atoms with Crippen molar-refractivity contribution in [3.63, 3.8) is 0 Å². The van der Waals surface area contributed by atoms with Gasteiger partial charge in [0.1, 0.15) is 17.3 Å². The summed E-state index contributed by atoms with van der Waals surface area (Å²) in [5.41, 5.74) is 12.2. The largest absolute Gasteiger partial charge is 0.457 e. The van der Waals surface area contributed by atoms with Gasteiger partial charge in [0.25, 0.3) is 0 Å². The van der Waals surface area contributed by atoms with Gasteiger partial charge in [-0.25, -0.2) is 4.98 Å². The van der Waals surface area contributed by atoms with Gasteiger partial charge < -0.3 is 14.5 Å². The van der Waals surface area contributed by atoms with Gasteiger partial charge in [0.05, 0.1) is 17.7 Å². The summed E-state index contributed by atoms with van der Waals surface area (Å²) in [6.07, 6.45) is 5.89. The Labute approximate surface area is 283 Å². The van der Waals surface area contributed by atoms with E-state index in [-0.39, 0.29) is 11.0 Å². The molecule has 0 aliphatic carbocycles. The lowest BCUT2D eigenvalue weighted by atomic mass is 9.86. The van der Waals surface area contributed by atoms with Gasteiger partial charge in [0.2, 0.25) is 0 Å². The number of aromatic nitrogens is 2. The normalized spacial score (nSPS) is 14.6. The number of para-hydroxylation sites is 1. The summed E-state index contributed by atoms with van der Waals surface area (Å²) in [6, 6.07) is 23.9. The van der Waals surface area contributed by atoms with E-state index >= 15 is 0 Å². The van der Waals surface area contributed by atoms with Crippen LogP contribution in [0, 0.1) is 41.5 Å². The smallest absolute Gasteiger partial charge is 0.137 e. The summed E-state index contributed by atoms with van der Waals surface area (Å²) in [5, 5.41) is 2.09. The molecule has 0 fully saturated rings. The van der Waals surface area contributed by atoms with Crippen LogP contribution in [0.3, 0.4) is 0 Å². The quantitative estimate of drug-likeness (QED) is 0.191. The molecule has 0 spiro atoms. The predicted molar refractivity (Wildman–Crippen MR) is 198 cm³/mol. The molecule has 5 heteroatoms. The zero-order valence-electron chi connectivity index (χ0n) is 31.6. The maximum atomic E-state index is 7.98. The summed E-state index contributed by atoms with van der Waals surface area (Å²) >= 11 is 0. The number of anilines is 2. The first kappa shape index (κ1) is 27.1. The number of pyridine rings is 1. The molecule has 7 rings (SSSR count). The zero-order valence-corrected chi connectivity index (χ0v) is 28.6. The van der Waals surface area contributed by atoms with Gasteiger partial charge in [-0.3, -0.25) is 4.57 Å². The molecule has 4 aromatic carbocycles. The van der Waals surface area contributed by atoms with Crippen LogP contribution in [0.25, 0.3) is 27.6 Å². The molecule has 3 heterocycles. The Morgan fingerprint density at radius 3 is 2.15 bits per heavy atom. The summed E-state index contributed by atoms with van der Waals surface area (Å²) < 4.78 is 32.7. The second kappa shape index (κ2) is 11.3. The Balaban J connectivity index is 1.28. The van der Waals surface area contributed by atoms with Gasteiger partial charge in [0.15, 0.2) is 0 Å². The van der Waals surface area contributed by atoms with Crippen LogP contribution in [0.2, 0.25) is 0 Å². The first-order valence-corrected chi connectivity index (χ1v) is 16.2. The minimum Gasteiger partial charge on any atom is -0.457 e. The first-order valence-electron chi connectivity index (χ1n) is 17.7. The standard InChI is InChI=1S/C42H44N4O/c1-26-16-17-43-40(20-26)46-38-13-11-10-12-36(38)37-15-14-34(24-39(37)46)47-35-22-32(42(7,8)9)21-33(23-35)44-18-19-45(25-44)41-30(5)28(3)27(2)29(4)31(41)6/h10-24H,25H2,1-9H3/i1D3. The first-order chi connectivity index (χ1) is 23.6. The third-order valence-electron chi connectivity index (χ3n) is 9.92. The molecule has 5 nitrogen and oxygen atoms in total. The van der Waals surface area contributed by atoms with Gasteiger partial charge in [-0.1, -0.05) is 39.0 Å². The van der Waals surface area contributed by atoms with Gasteiger partial charge in [-0.15, -0.1) is 0 Å². The Morgan fingerprint density at radius 1 is 0.702 bits per heavy atom. The van der Waals surface area contributed by atoms with Crippen molar-refractivity contribution in [1.29, 1.82) is 0 Å². The van der Waals surface area contributed by atoms with Crippen LogP contribution in [0.1, 0.15) is 63.8 Å². The summed E-state index contributed by atoms with van der Waals surface area (Å²) in [4.78, 5) is 9.23. The van der Waals surface area contributed by atoms with Crippen LogP contribution in [0.4, 0.5) is 11.4 Å². The predicted octanol–water partition coefficient (Wildman–Crippen LogP) is 10.9. The second-order valence-corrected chi connectivity index (χ2v) is 13.9. The fourth-order valence-electron chi connectivity index (χ4n) is 6.82. The highest BCUT2D eigenvalue weighted by atomic mass is 16.5. The molecule has 1 aliphatic heterocycles. The third kappa shape index (κ3) is 5.34. The lowest BCUT2D eigenvalue weighted by Crippen LogP contribution is -2.26. The Bertz CT molecular complexity index is 2300. The Morgan fingerprint density at radius 2 is 1.40 bits per heavy atom. The van der Waals surface area contributed by atoms with Crippen molar-refractivity contribution in [2.24, 2.45) is 0 Å². The van der Waals surface area contributed by atoms with Gasteiger partial charge >= 0.3 is 0 Å². The minimum atomic E-state index is -2.24. The molecule has 0 atom stereocenters. The molecule has 0 saturated heterocycles. The van der Waals surface area contributed by atoms with Crippen molar-refractivity contribution in [3.05, 3.63) is 130 Å². The van der Waals surface area contributed by atoms with E-state index in [0.717, 1.165) is 33.2 Å². The van der Waals surface area contributed by atoms with Gasteiger partial charge in [0, 0.05) is 57.0 Å². The maximum absolute atomic E-state index is 7.98. The Kier molecular flexibility index (Phi) is 6.54. The highest BCUT2D eigenvalue weighted by molar-refractivity contribution is 6.09. The SMILES string of the molecule is [2H]C([2H])([2H])c1ccnc(-n2c3ccccc3c3ccc(Oc4cc(N5C=CN(c6c(C)c(C)c(C)c(C)c6C)C5)cc(C(C)(C)C)c4)cc32)c1. The number of fused-ring (bicyclic) bond motifs is 3. The molecule has 0 bridgehead atoms. The van der Waals surface area contributed by atoms with E-state index in [1.807, 2.05) is 34.9 Å². The molecule has 238 valence electrons. The summed E-state index contributed by atoms with van der Waals surface area (Å²) in [7, 11) is 0. The zero-order chi connectivity index (χ0) is 35.7. The van der Waals surface area contributed by atoms with E-state index in [9.17, 15) is 0 Å². The van der Waals surface area contributed by atoms with Crippen LogP contribution >= 0.6 is 0 Å². The number of ether oxygens (including phenoxy) is 1. The van der Waals surface area contributed by atoms with E-state index in [2.05, 4.69) is 113 Å². The second-order valence-electron chi connectivity index (χ2n) is 13.9. The molecule has 0 N–H and O–H groups in total. The number of rotatable bonds is 5. The van der Waals surface area contributed by atoms with Crippen molar-refractivity contribution >= 4 is 33.2 Å². The van der Waals surface area contributed by atoms with Crippen molar-refractivity contribution in [3.8, 4) is 17.3 Å². The van der Waals surface area contributed by atoms with Crippen LogP contribution in [0.15, 0.2) is 91.4 Å². The van der Waals surface area contributed by atoms with Gasteiger partial charge in [-0.2, -0.15) is 0 Å². The molecule has 0 saturated carbocycles. The number of hydrogen-bond donors (Lipinski definition) is 0. The molecule has 47 heavy (non-hydrogen) atoms. The van der Waals surface area contributed by atoms with E-state index in [1.165, 1.54) is 39.1 Å². The average molecular weight is 624 g/mol. The molecular weight excluding hydrogens is 576 g/mol. The molecule has 6 aromatic rings. The van der Waals surface area contributed by atoms with Gasteiger partial charge in [-0.05, 0) is 128 Å². The summed E-state index contributed by atoms with van der Waals surface area (Å²) in [5.74, 6) is 1.98. The number of nitrogens with zero attached hydrogens (tertiary/aromatic N) is 4. The molecule has 0 amide bonds. The Hall–Kier alpha value is -5.03. The summed E-state index contributed by atoms with van der Waals surface area (Å²) in [6.45, 7) is 16.2. The highest BCUT2D eigenvalue weighted by Crippen LogP contribution is 2.39. The van der Waals surface area contributed by atoms with Crippen molar-refractivity contribution in [1.82, 2.24) is 9.55 Å². The average Bonchev–Trinajstić information content (AvgIpc) is 3.69. The van der Waals surface area contributed by atoms with Crippen molar-refractivity contribution in [2.75, 3.05) is 16.5 Å². The minimum absolute atomic E-state index is 0.106. The monoisotopic (exact) mass is 623 g/mol. The molecule has 0 radical (unpaired) electrons. The van der Waals surface area contributed by atoms with E-state index in [1.54, 1.807) is 18.3 Å². The van der Waals surface area contributed by atoms with E-state index < -0.39 is 6.85 Å². The third-order valence-corrected chi connectivity index (χ3v) is 9.92. The fourth-order valence-corrected chi connectivity index (χ4v) is 6.82. The van der Waals surface area contributed by atoms with Crippen LogP contribution in [-0.2, 0) is 5.41 Å². The molecule has 2 aromatic heterocycles. The molecule has 0 unspecified atom stereocenters. The van der Waals surface area contributed by atoms with Crippen molar-refractivity contribution in [2.45, 2.75) is 67.7 Å².